The predicted octanol–water partition coefficient (Wildman–Crippen LogP) is 6.86. The van der Waals surface area contributed by atoms with E-state index < -0.39 is 18.0 Å². The van der Waals surface area contributed by atoms with E-state index in [-0.39, 0.29) is 73.3 Å². The lowest BCUT2D eigenvalue weighted by atomic mass is 9.99. The highest BCUT2D eigenvalue weighted by Crippen LogP contribution is 2.43. The van der Waals surface area contributed by atoms with Gasteiger partial charge in [0.05, 0.1) is 37.7 Å². The van der Waals surface area contributed by atoms with Crippen LogP contribution in [0.5, 0.6) is 17.2 Å². The number of hydrogen-bond acceptors (Lipinski definition) is 14. The number of piperidine rings is 1. The molecule has 20 heteroatoms. The topological polar surface area (TPSA) is 220 Å². The Morgan fingerprint density at radius 2 is 1.64 bits per heavy atom. The van der Waals surface area contributed by atoms with Crippen LogP contribution in [0.15, 0.2) is 69.8 Å². The number of amides is 5. The average Bonchev–Trinajstić information content (AvgIpc) is 3.93. The molecule has 1 saturated heterocycles. The quantitative estimate of drug-likeness (QED) is 0.0499. The summed E-state index contributed by atoms with van der Waals surface area (Å²) >= 11 is 7.89. The molecule has 0 spiro atoms. The van der Waals surface area contributed by atoms with Crippen molar-refractivity contribution in [2.45, 2.75) is 77.9 Å². The van der Waals surface area contributed by atoms with E-state index in [2.05, 4.69) is 50.2 Å². The van der Waals surface area contributed by atoms with Crippen LogP contribution in [0.25, 0.3) is 5.00 Å². The van der Waals surface area contributed by atoms with Crippen LogP contribution in [0.3, 0.4) is 0 Å². The zero-order valence-corrected chi connectivity index (χ0v) is 39.2. The number of imide groups is 1. The van der Waals surface area contributed by atoms with E-state index in [0.29, 0.717) is 59.3 Å². The highest BCUT2D eigenvalue weighted by atomic mass is 35.5. The van der Waals surface area contributed by atoms with Gasteiger partial charge >= 0.3 is 0 Å². The molecule has 2 unspecified atom stereocenters. The van der Waals surface area contributed by atoms with Gasteiger partial charge in [-0.1, -0.05) is 29.8 Å². The number of aromatic nitrogens is 3. The molecule has 67 heavy (non-hydrogen) atoms. The van der Waals surface area contributed by atoms with Crippen LogP contribution in [0, 0.1) is 20.8 Å². The highest BCUT2D eigenvalue weighted by Gasteiger charge is 2.40. The normalized spacial score (nSPS) is 16.5. The zero-order chi connectivity index (χ0) is 47.4. The molecule has 0 saturated carbocycles. The molecule has 0 radical (unpaired) electrons. The molecular weight excluding hydrogens is 900 g/mol. The summed E-state index contributed by atoms with van der Waals surface area (Å²) in [5, 5.41) is 27.5. The first-order valence-corrected chi connectivity index (χ1v) is 23.0. The van der Waals surface area contributed by atoms with Crippen LogP contribution >= 0.6 is 22.9 Å². The van der Waals surface area contributed by atoms with Crippen LogP contribution in [0.4, 0.5) is 11.4 Å². The number of ether oxygens (including phenoxy) is 3. The molecule has 3 N–H and O–H groups in total. The van der Waals surface area contributed by atoms with Gasteiger partial charge in [0.15, 0.2) is 23.9 Å². The fraction of sp³-hybridized carbons (Fsp3) is 0.362. The second-order valence-corrected chi connectivity index (χ2v) is 17.9. The molecule has 5 aromatic rings. The number of halogens is 1. The summed E-state index contributed by atoms with van der Waals surface area (Å²) in [6.07, 6.45) is 2.64. The number of unbranched alkanes of at least 4 members (excludes halogenated alkanes) is 2. The first-order valence-electron chi connectivity index (χ1n) is 21.8. The van der Waals surface area contributed by atoms with E-state index in [4.69, 9.17) is 30.8 Å². The summed E-state index contributed by atoms with van der Waals surface area (Å²) < 4.78 is 19.0. The summed E-state index contributed by atoms with van der Waals surface area (Å²) in [5.41, 5.74) is 5.63. The molecule has 348 valence electrons. The maximum Gasteiger partial charge on any atom is 0.257 e. The number of hydrogen-bond donors (Lipinski definition) is 3. The number of fused-ring (bicyclic) bond motifs is 4. The number of nitrogens with one attached hydrogen (secondary N) is 3. The monoisotopic (exact) mass is 948 g/mol. The fourth-order valence-corrected chi connectivity index (χ4v) is 9.63. The molecule has 8 rings (SSSR count). The maximum absolute atomic E-state index is 13.4. The number of nitrogens with zero attached hydrogens (tertiary/aromatic N) is 7. The molecule has 1 fully saturated rings. The average molecular weight is 949 g/mol. The van der Waals surface area contributed by atoms with Crippen LogP contribution in [-0.4, -0.2) is 94.9 Å². The van der Waals surface area contributed by atoms with Crippen molar-refractivity contribution in [2.75, 3.05) is 33.9 Å². The first kappa shape index (κ1) is 46.5. The van der Waals surface area contributed by atoms with Gasteiger partial charge in [-0.05, 0) is 76.3 Å². The number of methoxy groups -OCH3 is 2. The first-order chi connectivity index (χ1) is 32.3. The molecule has 3 aliphatic heterocycles. The Hall–Kier alpha value is -6.99. The number of rotatable bonds is 17. The van der Waals surface area contributed by atoms with E-state index in [0.717, 1.165) is 39.6 Å². The van der Waals surface area contributed by atoms with Crippen molar-refractivity contribution in [3.8, 4) is 22.2 Å². The van der Waals surface area contributed by atoms with Crippen molar-refractivity contribution in [3.63, 3.8) is 0 Å². The van der Waals surface area contributed by atoms with Crippen molar-refractivity contribution in [1.82, 2.24) is 35.6 Å². The Morgan fingerprint density at radius 3 is 2.34 bits per heavy atom. The lowest BCUT2D eigenvalue weighted by Gasteiger charge is -2.29. The van der Waals surface area contributed by atoms with Crippen LogP contribution in [0.1, 0.15) is 93.7 Å². The molecule has 3 aliphatic rings. The Bertz CT molecular complexity index is 2800. The Labute approximate surface area is 395 Å². The van der Waals surface area contributed by atoms with Crippen LogP contribution < -0.4 is 30.2 Å². The van der Waals surface area contributed by atoms with E-state index in [1.165, 1.54) is 24.0 Å². The molecule has 5 heterocycles. The van der Waals surface area contributed by atoms with Crippen molar-refractivity contribution in [3.05, 3.63) is 104 Å². The third kappa shape index (κ3) is 9.93. The second kappa shape index (κ2) is 20.3. The molecule has 0 bridgehead atoms. The number of thiophene rings is 1. The third-order valence-corrected chi connectivity index (χ3v) is 13.3. The minimum atomic E-state index is -0.755. The minimum Gasteiger partial charge on any atom is -0.493 e. The van der Waals surface area contributed by atoms with Crippen molar-refractivity contribution in [1.29, 1.82) is 0 Å². The maximum atomic E-state index is 13.4. The molecule has 2 atom stereocenters. The lowest BCUT2D eigenvalue weighted by Crippen LogP contribution is -2.52. The summed E-state index contributed by atoms with van der Waals surface area (Å²) in [6, 6.07) is 14.5. The molecule has 18 nitrogen and oxygen atoms in total. The number of azo groups is 1. The molecule has 0 aliphatic carbocycles. The van der Waals surface area contributed by atoms with Gasteiger partial charge < -0.3 is 29.7 Å². The van der Waals surface area contributed by atoms with Crippen molar-refractivity contribution >= 4 is 69.6 Å². The second-order valence-electron chi connectivity index (χ2n) is 16.2. The Morgan fingerprint density at radius 1 is 0.925 bits per heavy atom. The molecule has 3 aromatic carbocycles. The van der Waals surface area contributed by atoms with E-state index >= 15 is 0 Å². The number of benzene rings is 3. The van der Waals surface area contributed by atoms with Gasteiger partial charge in [-0.3, -0.25) is 38.8 Å². The van der Waals surface area contributed by atoms with Gasteiger partial charge in [0.2, 0.25) is 23.5 Å². The van der Waals surface area contributed by atoms with Crippen LogP contribution in [-0.2, 0) is 25.7 Å². The predicted molar refractivity (Wildman–Crippen MR) is 249 cm³/mol. The van der Waals surface area contributed by atoms with Gasteiger partial charge in [0, 0.05) is 70.3 Å². The lowest BCUT2D eigenvalue weighted by molar-refractivity contribution is -0.137. The minimum absolute atomic E-state index is 0.0910. The summed E-state index contributed by atoms with van der Waals surface area (Å²) in [4.78, 5) is 71.4. The van der Waals surface area contributed by atoms with Gasteiger partial charge in [0.25, 0.3) is 11.8 Å². The Kier molecular flexibility index (Phi) is 14.1. The molecule has 2 aromatic heterocycles. The van der Waals surface area contributed by atoms with Crippen molar-refractivity contribution in [2.24, 2.45) is 15.2 Å². The van der Waals surface area contributed by atoms with Crippen molar-refractivity contribution < 1.29 is 38.2 Å². The van der Waals surface area contributed by atoms with E-state index in [1.807, 2.05) is 35.8 Å². The summed E-state index contributed by atoms with van der Waals surface area (Å²) in [5.74, 6) is 0.389. The summed E-state index contributed by atoms with van der Waals surface area (Å²) in [7, 11) is 2.89. The SMILES string of the molecule is COc1cc(N=Nc2cccc3c2CN(C2CCC(=O)NC2=O)C3=O)cc(OC)c1OCC(=O)NCCCCCNC(=O)CC1N=C(c2ccc(Cl)cc2)c2c(sc(C)c2C)-n2c(C)nnc21. The number of carbonyl (C=O) groups is 5. The standard InChI is InChI=1S/C47H49ClN10O8S/c1-25-26(2)67-47-41(25)42(28-12-14-29(48)15-13-28)51-34(44-56-53-27(3)58(44)47)22-39(60)49-18-7-6-8-19-50-40(61)24-66-43-36(64-4)20-30(21-37(43)65-5)54-55-33-11-9-10-31-32(33)23-57(46(31)63)35-16-17-38(59)52-45(35)62/h9-15,20-21,34-35H,6-8,16-19,22-24H2,1-5H3,(H,49,60)(H,50,61)(H,52,59,62). The third-order valence-electron chi connectivity index (χ3n) is 11.9. The highest BCUT2D eigenvalue weighted by molar-refractivity contribution is 7.15. The number of aryl methyl sites for hydroxylation is 2. The van der Waals surface area contributed by atoms with E-state index in [1.54, 1.807) is 41.7 Å². The van der Waals surface area contributed by atoms with Gasteiger partial charge in [-0.25, -0.2) is 0 Å². The number of aliphatic imine (C=N–C) groups is 1. The molecular formula is C47H49ClN10O8S. The summed E-state index contributed by atoms with van der Waals surface area (Å²) in [6.45, 7) is 6.78. The van der Waals surface area contributed by atoms with Gasteiger partial charge in [0.1, 0.15) is 22.9 Å². The van der Waals surface area contributed by atoms with Gasteiger partial charge in [-0.15, -0.1) is 21.5 Å². The van der Waals surface area contributed by atoms with Gasteiger partial charge in [-0.2, -0.15) is 10.2 Å². The van der Waals surface area contributed by atoms with Crippen LogP contribution in [0.2, 0.25) is 5.02 Å². The Balaban J connectivity index is 0.805. The zero-order valence-electron chi connectivity index (χ0n) is 37.6. The fourth-order valence-electron chi connectivity index (χ4n) is 8.29. The number of carbonyl (C=O) groups excluding carboxylic acids is 5. The van der Waals surface area contributed by atoms with E-state index in [9.17, 15) is 24.0 Å². The smallest absolute Gasteiger partial charge is 0.257 e. The largest absolute Gasteiger partial charge is 0.493 e. The molecule has 5 amide bonds.